The molecule has 2 aliphatic rings. The summed E-state index contributed by atoms with van der Waals surface area (Å²) in [5, 5.41) is 5.97. The van der Waals surface area contributed by atoms with Crippen LogP contribution in [0.2, 0.25) is 0 Å². The minimum atomic E-state index is -0.0452. The number of benzene rings is 1. The SMILES string of the molecule is COc1ccc(NC(=O)C2CCCC(N)C2)cc1NC(=O)C1CCCCC1. The van der Waals surface area contributed by atoms with Crippen LogP contribution in [0.4, 0.5) is 11.4 Å². The van der Waals surface area contributed by atoms with Crippen LogP contribution in [0.3, 0.4) is 0 Å². The zero-order valence-corrected chi connectivity index (χ0v) is 16.1. The number of nitrogens with one attached hydrogen (secondary N) is 2. The average molecular weight is 373 g/mol. The van der Waals surface area contributed by atoms with E-state index < -0.39 is 0 Å². The van der Waals surface area contributed by atoms with Crippen molar-refractivity contribution in [1.29, 1.82) is 0 Å². The summed E-state index contributed by atoms with van der Waals surface area (Å²) in [4.78, 5) is 25.1. The van der Waals surface area contributed by atoms with Crippen molar-refractivity contribution in [1.82, 2.24) is 0 Å². The second kappa shape index (κ2) is 9.22. The van der Waals surface area contributed by atoms with Crippen molar-refractivity contribution in [3.05, 3.63) is 18.2 Å². The van der Waals surface area contributed by atoms with E-state index >= 15 is 0 Å². The van der Waals surface area contributed by atoms with E-state index in [4.69, 9.17) is 10.5 Å². The Bertz CT molecular complexity index is 671. The Kier molecular flexibility index (Phi) is 6.72. The first kappa shape index (κ1) is 19.7. The van der Waals surface area contributed by atoms with Gasteiger partial charge < -0.3 is 21.1 Å². The summed E-state index contributed by atoms with van der Waals surface area (Å²) in [6.07, 6.45) is 8.88. The molecule has 2 aliphatic carbocycles. The van der Waals surface area contributed by atoms with Gasteiger partial charge in [-0.15, -0.1) is 0 Å². The Labute approximate surface area is 161 Å². The summed E-state index contributed by atoms with van der Waals surface area (Å²) in [5.74, 6) is 0.646. The zero-order valence-electron chi connectivity index (χ0n) is 16.1. The molecule has 0 bridgehead atoms. The van der Waals surface area contributed by atoms with Crippen LogP contribution in [0, 0.1) is 11.8 Å². The van der Waals surface area contributed by atoms with Gasteiger partial charge in [0.15, 0.2) is 0 Å². The second-order valence-electron chi connectivity index (χ2n) is 7.85. The molecule has 0 aliphatic heterocycles. The Morgan fingerprint density at radius 2 is 1.67 bits per heavy atom. The van der Waals surface area contributed by atoms with E-state index in [1.165, 1.54) is 6.42 Å². The smallest absolute Gasteiger partial charge is 0.227 e. The normalized spacial score (nSPS) is 23.5. The number of methoxy groups -OCH3 is 1. The van der Waals surface area contributed by atoms with Gasteiger partial charge in [0.25, 0.3) is 0 Å². The van der Waals surface area contributed by atoms with Crippen LogP contribution >= 0.6 is 0 Å². The maximum Gasteiger partial charge on any atom is 0.227 e. The number of carbonyl (C=O) groups is 2. The predicted molar refractivity (Wildman–Crippen MR) is 107 cm³/mol. The molecule has 1 aromatic rings. The fourth-order valence-electron chi connectivity index (χ4n) is 4.19. The number of nitrogens with two attached hydrogens (primary N) is 1. The summed E-state index contributed by atoms with van der Waals surface area (Å²) in [7, 11) is 1.58. The lowest BCUT2D eigenvalue weighted by atomic mass is 9.85. The van der Waals surface area contributed by atoms with Crippen LogP contribution < -0.4 is 21.1 Å². The van der Waals surface area contributed by atoms with Gasteiger partial charge in [-0.2, -0.15) is 0 Å². The molecule has 0 aromatic heterocycles. The fraction of sp³-hybridized carbons (Fsp3) is 0.619. The highest BCUT2D eigenvalue weighted by Crippen LogP contribution is 2.31. The molecule has 27 heavy (non-hydrogen) atoms. The summed E-state index contributed by atoms with van der Waals surface area (Å²) in [6.45, 7) is 0. The van der Waals surface area contributed by atoms with Crippen molar-refractivity contribution in [3.63, 3.8) is 0 Å². The van der Waals surface area contributed by atoms with Crippen LogP contribution in [-0.2, 0) is 9.59 Å². The van der Waals surface area contributed by atoms with Crippen molar-refractivity contribution in [3.8, 4) is 5.75 Å². The second-order valence-corrected chi connectivity index (χ2v) is 7.85. The van der Waals surface area contributed by atoms with Gasteiger partial charge in [-0.1, -0.05) is 25.7 Å². The first-order valence-electron chi connectivity index (χ1n) is 10.1. The van der Waals surface area contributed by atoms with E-state index in [1.807, 2.05) is 0 Å². The van der Waals surface area contributed by atoms with Gasteiger partial charge in [0, 0.05) is 23.6 Å². The van der Waals surface area contributed by atoms with Gasteiger partial charge >= 0.3 is 0 Å². The number of anilines is 2. The third kappa shape index (κ3) is 5.22. The van der Waals surface area contributed by atoms with Crippen molar-refractivity contribution < 1.29 is 14.3 Å². The lowest BCUT2D eigenvalue weighted by Crippen LogP contribution is -2.34. The Hall–Kier alpha value is -2.08. The van der Waals surface area contributed by atoms with Gasteiger partial charge in [0.2, 0.25) is 11.8 Å². The molecule has 6 heteroatoms. The number of amides is 2. The van der Waals surface area contributed by atoms with Gasteiger partial charge in [-0.3, -0.25) is 9.59 Å². The van der Waals surface area contributed by atoms with Crippen molar-refractivity contribution in [2.75, 3.05) is 17.7 Å². The zero-order chi connectivity index (χ0) is 19.2. The lowest BCUT2D eigenvalue weighted by molar-refractivity contribution is -0.121. The van der Waals surface area contributed by atoms with Crippen LogP contribution in [0.1, 0.15) is 57.8 Å². The van der Waals surface area contributed by atoms with Crippen molar-refractivity contribution in [2.45, 2.75) is 63.8 Å². The van der Waals surface area contributed by atoms with Gasteiger partial charge in [0.05, 0.1) is 12.8 Å². The van der Waals surface area contributed by atoms with Gasteiger partial charge in [-0.25, -0.2) is 0 Å². The highest BCUT2D eigenvalue weighted by molar-refractivity contribution is 5.97. The first-order valence-corrected chi connectivity index (χ1v) is 10.1. The van der Waals surface area contributed by atoms with Crippen LogP contribution in [-0.4, -0.2) is 25.0 Å². The highest BCUT2D eigenvalue weighted by Gasteiger charge is 2.26. The molecule has 0 spiro atoms. The minimum absolute atomic E-state index is 0.000117. The van der Waals surface area contributed by atoms with E-state index in [9.17, 15) is 9.59 Å². The first-order chi connectivity index (χ1) is 13.1. The maximum atomic E-state index is 12.6. The molecule has 2 fully saturated rings. The molecule has 2 saturated carbocycles. The van der Waals surface area contributed by atoms with E-state index in [1.54, 1.807) is 25.3 Å². The highest BCUT2D eigenvalue weighted by atomic mass is 16.5. The largest absolute Gasteiger partial charge is 0.495 e. The van der Waals surface area contributed by atoms with E-state index in [0.717, 1.165) is 51.4 Å². The van der Waals surface area contributed by atoms with E-state index in [-0.39, 0.29) is 29.7 Å². The fourth-order valence-corrected chi connectivity index (χ4v) is 4.19. The van der Waals surface area contributed by atoms with Gasteiger partial charge in [0.1, 0.15) is 5.75 Å². The Morgan fingerprint density at radius 3 is 2.37 bits per heavy atom. The summed E-state index contributed by atoms with van der Waals surface area (Å²) in [5.41, 5.74) is 7.27. The molecular weight excluding hydrogens is 342 g/mol. The summed E-state index contributed by atoms with van der Waals surface area (Å²) < 4.78 is 5.38. The molecule has 0 heterocycles. The van der Waals surface area contributed by atoms with Crippen molar-refractivity contribution >= 4 is 23.2 Å². The molecule has 2 atom stereocenters. The van der Waals surface area contributed by atoms with Crippen LogP contribution in [0.15, 0.2) is 18.2 Å². The quantitative estimate of drug-likeness (QED) is 0.734. The van der Waals surface area contributed by atoms with Crippen molar-refractivity contribution in [2.24, 2.45) is 17.6 Å². The topological polar surface area (TPSA) is 93.4 Å². The number of rotatable bonds is 5. The molecular formula is C21H31N3O3. The molecule has 2 amide bonds. The minimum Gasteiger partial charge on any atom is -0.495 e. The molecule has 0 radical (unpaired) electrons. The Morgan fingerprint density at radius 1 is 0.963 bits per heavy atom. The summed E-state index contributed by atoms with van der Waals surface area (Å²) >= 11 is 0. The monoisotopic (exact) mass is 373 g/mol. The van der Waals surface area contributed by atoms with Crippen LogP contribution in [0.5, 0.6) is 5.75 Å². The van der Waals surface area contributed by atoms with E-state index in [2.05, 4.69) is 10.6 Å². The van der Waals surface area contributed by atoms with E-state index in [0.29, 0.717) is 17.1 Å². The number of carbonyl (C=O) groups excluding carboxylic acids is 2. The molecule has 0 saturated heterocycles. The molecule has 4 N–H and O–H groups in total. The number of hydrogen-bond donors (Lipinski definition) is 3. The maximum absolute atomic E-state index is 12.6. The third-order valence-corrected chi connectivity index (χ3v) is 5.79. The summed E-state index contributed by atoms with van der Waals surface area (Å²) in [6, 6.07) is 5.46. The molecule has 1 aromatic carbocycles. The molecule has 3 rings (SSSR count). The molecule has 148 valence electrons. The predicted octanol–water partition coefficient (Wildman–Crippen LogP) is 3.67. The third-order valence-electron chi connectivity index (χ3n) is 5.79. The van der Waals surface area contributed by atoms with Gasteiger partial charge in [-0.05, 0) is 50.3 Å². The number of hydrogen-bond acceptors (Lipinski definition) is 4. The standard InChI is InChI=1S/C21H31N3O3/c1-27-19-11-10-17(23-21(26)15-8-5-9-16(22)12-15)13-18(19)24-20(25)14-6-3-2-4-7-14/h10-11,13-16H,2-9,12,22H2,1H3,(H,23,26)(H,24,25). The lowest BCUT2D eigenvalue weighted by Gasteiger charge is -2.26. The number of ether oxygens (including phenoxy) is 1. The average Bonchev–Trinajstić information content (AvgIpc) is 2.69. The molecule has 2 unspecified atom stereocenters. The molecule has 6 nitrogen and oxygen atoms in total. The Balaban J connectivity index is 1.67. The van der Waals surface area contributed by atoms with Crippen LogP contribution in [0.25, 0.3) is 0 Å².